The van der Waals surface area contributed by atoms with E-state index in [1.165, 1.54) is 0 Å². The zero-order valence-electron chi connectivity index (χ0n) is 22.6. The van der Waals surface area contributed by atoms with Crippen LogP contribution in [0.3, 0.4) is 0 Å². The molecule has 3 fully saturated rings. The van der Waals surface area contributed by atoms with Gasteiger partial charge in [0.2, 0.25) is 5.78 Å². The Morgan fingerprint density at radius 3 is 2.10 bits per heavy atom. The predicted octanol–water partition coefficient (Wildman–Crippen LogP) is 2.06. The Labute approximate surface area is 245 Å². The number of rotatable bonds is 10. The van der Waals surface area contributed by atoms with Crippen molar-refractivity contribution in [3.63, 3.8) is 0 Å². The lowest BCUT2D eigenvalue weighted by Crippen LogP contribution is -3.00. The van der Waals surface area contributed by atoms with E-state index in [0.29, 0.717) is 41.2 Å². The Bertz CT molecular complexity index is 1290. The summed E-state index contributed by atoms with van der Waals surface area (Å²) < 4.78 is 11.9. The number of nitrogens with zero attached hydrogens (tertiary/aromatic N) is 1. The number of benzene rings is 3. The molecule has 3 aromatic carbocycles. The second-order valence-electron chi connectivity index (χ2n) is 10.5. The molecule has 3 aliphatic heterocycles. The number of carbonyl (C=O) groups is 3. The summed E-state index contributed by atoms with van der Waals surface area (Å²) in [5, 5.41) is 3.35. The van der Waals surface area contributed by atoms with Gasteiger partial charge in [-0.3, -0.25) is 4.79 Å². The molecule has 1 N–H and O–H groups in total. The normalized spacial score (nSPS) is 21.9. The summed E-state index contributed by atoms with van der Waals surface area (Å²) in [6.45, 7) is 4.85. The number of ketones is 1. The van der Waals surface area contributed by atoms with Crippen LogP contribution < -0.4 is 22.3 Å². The fourth-order valence-corrected chi connectivity index (χ4v) is 5.82. The molecule has 0 unspecified atom stereocenters. The number of hydrogen-bond acceptors (Lipinski definition) is 6. The Morgan fingerprint density at radius 1 is 0.875 bits per heavy atom. The maximum Gasteiger partial charge on any atom is 0.338 e. The number of hydrogen-bond donors (Lipinski definition) is 1. The first-order valence-corrected chi connectivity index (χ1v) is 13.7. The van der Waals surface area contributed by atoms with Crippen LogP contribution in [0.2, 0.25) is 0 Å². The van der Waals surface area contributed by atoms with Gasteiger partial charge in [0, 0.05) is 30.0 Å². The van der Waals surface area contributed by atoms with Gasteiger partial charge < -0.3 is 36.3 Å². The number of ether oxygens (including phenoxy) is 2. The van der Waals surface area contributed by atoms with Gasteiger partial charge in [-0.15, -0.1) is 0 Å². The van der Waals surface area contributed by atoms with E-state index >= 15 is 0 Å². The minimum Gasteiger partial charge on any atom is -1.00 e. The minimum absolute atomic E-state index is 0. The first-order valence-electron chi connectivity index (χ1n) is 13.7. The molecule has 3 aromatic rings. The van der Waals surface area contributed by atoms with Crippen molar-refractivity contribution in [2.75, 3.05) is 38.1 Å². The van der Waals surface area contributed by atoms with Crippen molar-refractivity contribution in [2.45, 2.75) is 31.9 Å². The number of nitrogens with one attached hydrogen (secondary N) is 1. The number of anilines is 1. The van der Waals surface area contributed by atoms with Gasteiger partial charge in [-0.1, -0.05) is 60.7 Å². The van der Waals surface area contributed by atoms with E-state index in [1.807, 2.05) is 60.7 Å². The number of piperidine rings is 3. The van der Waals surface area contributed by atoms with Crippen LogP contribution in [0.15, 0.2) is 84.9 Å². The number of carbonyl (C=O) groups excluding carboxylic acids is 3. The van der Waals surface area contributed by atoms with Gasteiger partial charge >= 0.3 is 11.9 Å². The molecule has 0 spiro atoms. The van der Waals surface area contributed by atoms with Gasteiger partial charge in [0.25, 0.3) is 0 Å². The van der Waals surface area contributed by atoms with E-state index < -0.39 is 12.0 Å². The summed E-state index contributed by atoms with van der Waals surface area (Å²) in [5.74, 6) is -0.357. The lowest BCUT2D eigenvalue weighted by atomic mass is 9.82. The quantitative estimate of drug-likeness (QED) is 0.216. The fraction of sp³-hybridized carbons (Fsp3) is 0.344. The molecule has 210 valence electrons. The molecule has 40 heavy (non-hydrogen) atoms. The number of quaternary nitrogens is 1. The monoisotopic (exact) mass is 606 g/mol. The van der Waals surface area contributed by atoms with E-state index in [-0.39, 0.29) is 34.8 Å². The van der Waals surface area contributed by atoms with E-state index in [0.717, 1.165) is 37.2 Å². The van der Waals surface area contributed by atoms with Crippen LogP contribution in [0.1, 0.15) is 52.1 Å². The fourth-order valence-electron chi connectivity index (χ4n) is 5.82. The van der Waals surface area contributed by atoms with Gasteiger partial charge in [-0.25, -0.2) is 9.59 Å². The zero-order valence-corrected chi connectivity index (χ0v) is 24.2. The first kappa shape index (κ1) is 29.5. The number of esters is 2. The molecular weight excluding hydrogens is 572 g/mol. The maximum absolute atomic E-state index is 13.6. The highest BCUT2D eigenvalue weighted by molar-refractivity contribution is 5.98. The molecule has 0 amide bonds. The molecule has 0 aliphatic carbocycles. The van der Waals surface area contributed by atoms with Crippen molar-refractivity contribution < 1.29 is 45.3 Å². The van der Waals surface area contributed by atoms with Crippen LogP contribution >= 0.6 is 0 Å². The lowest BCUT2D eigenvalue weighted by Gasteiger charge is -2.51. The standard InChI is InChI=1S/C32H35N2O5.BrH/c1-2-38-31(36)26-15-13-23(14-16-26)28(35)21-34-19-17-24(18-20-34)29(22-34)39-32(37)30(25-9-5-3-6-10-25)33-27-11-7-4-8-12-27;/h3-16,24,29-30,33H,2,17-22H2,1H3;1H/q+1;/p-1/t24?,29-,30+,34?;/m0./s1. The molecule has 6 rings (SSSR count). The van der Waals surface area contributed by atoms with E-state index in [4.69, 9.17) is 9.47 Å². The number of Topliss-reactive ketones (excluding diaryl/α,β-unsaturated/α-hetero) is 1. The second kappa shape index (κ2) is 13.2. The molecule has 0 radical (unpaired) electrons. The van der Waals surface area contributed by atoms with Crippen molar-refractivity contribution in [1.29, 1.82) is 0 Å². The number of fused-ring (bicyclic) bond motifs is 3. The van der Waals surface area contributed by atoms with Crippen LogP contribution in [-0.4, -0.2) is 61.1 Å². The van der Waals surface area contributed by atoms with Gasteiger partial charge in [0.05, 0.1) is 25.3 Å². The second-order valence-corrected chi connectivity index (χ2v) is 10.5. The summed E-state index contributed by atoms with van der Waals surface area (Å²) in [4.78, 5) is 38.8. The van der Waals surface area contributed by atoms with Crippen LogP contribution in [-0.2, 0) is 14.3 Å². The zero-order chi connectivity index (χ0) is 27.2. The topological polar surface area (TPSA) is 81.7 Å². The van der Waals surface area contributed by atoms with Crippen molar-refractivity contribution >= 4 is 23.4 Å². The minimum atomic E-state index is -0.628. The summed E-state index contributed by atoms with van der Waals surface area (Å²) in [5.41, 5.74) is 2.70. The highest BCUT2D eigenvalue weighted by atomic mass is 79.9. The van der Waals surface area contributed by atoms with Crippen LogP contribution in [0.4, 0.5) is 5.69 Å². The van der Waals surface area contributed by atoms with Crippen molar-refractivity contribution in [2.24, 2.45) is 5.92 Å². The van der Waals surface area contributed by atoms with Gasteiger partial charge in [-0.2, -0.15) is 0 Å². The SMILES string of the molecule is CCOC(=O)c1ccc(C(=O)C[N+]23CCC(CC2)[C@@H](OC(=O)[C@H](Nc2ccccc2)c2ccccc2)C3)cc1.[Br-]. The number of para-hydroxylation sites is 1. The highest BCUT2D eigenvalue weighted by Gasteiger charge is 2.49. The largest absolute Gasteiger partial charge is 1.00 e. The molecule has 8 heteroatoms. The summed E-state index contributed by atoms with van der Waals surface area (Å²) in [7, 11) is 0. The first-order chi connectivity index (χ1) is 19.0. The molecule has 2 atom stereocenters. The van der Waals surface area contributed by atoms with E-state index in [1.54, 1.807) is 31.2 Å². The third kappa shape index (κ3) is 6.80. The Morgan fingerprint density at radius 2 is 1.48 bits per heavy atom. The summed E-state index contributed by atoms with van der Waals surface area (Å²) in [6.07, 6.45) is 1.62. The average molecular weight is 608 g/mol. The molecule has 3 saturated heterocycles. The molecule has 2 bridgehead atoms. The Kier molecular flexibility index (Phi) is 9.76. The van der Waals surface area contributed by atoms with Crippen LogP contribution in [0.25, 0.3) is 0 Å². The smallest absolute Gasteiger partial charge is 0.338 e. The maximum atomic E-state index is 13.6. The third-order valence-electron chi connectivity index (χ3n) is 7.96. The molecule has 0 saturated carbocycles. The van der Waals surface area contributed by atoms with Gasteiger partial charge in [0.1, 0.15) is 13.1 Å². The molecule has 3 heterocycles. The molecule has 0 aromatic heterocycles. The van der Waals surface area contributed by atoms with Crippen molar-refractivity contribution in [3.05, 3.63) is 102 Å². The van der Waals surface area contributed by atoms with Crippen molar-refractivity contribution in [1.82, 2.24) is 0 Å². The van der Waals surface area contributed by atoms with Crippen LogP contribution in [0, 0.1) is 5.92 Å². The Balaban J connectivity index is 0.00000370. The third-order valence-corrected chi connectivity index (χ3v) is 7.96. The van der Waals surface area contributed by atoms with Crippen molar-refractivity contribution in [3.8, 4) is 0 Å². The highest BCUT2D eigenvalue weighted by Crippen LogP contribution is 2.36. The average Bonchev–Trinajstić information content (AvgIpc) is 2.97. The van der Waals surface area contributed by atoms with Gasteiger partial charge in [-0.05, 0) is 36.8 Å². The number of halogens is 1. The van der Waals surface area contributed by atoms with E-state index in [9.17, 15) is 14.4 Å². The predicted molar refractivity (Wildman–Crippen MR) is 148 cm³/mol. The molecule has 3 aliphatic rings. The summed E-state index contributed by atoms with van der Waals surface area (Å²) >= 11 is 0. The van der Waals surface area contributed by atoms with Gasteiger partial charge in [0.15, 0.2) is 12.1 Å². The molecular formula is C32H35BrN2O5. The Hall–Kier alpha value is -3.49. The summed E-state index contributed by atoms with van der Waals surface area (Å²) in [6, 6.07) is 25.3. The molecule has 7 nitrogen and oxygen atoms in total. The van der Waals surface area contributed by atoms with Crippen LogP contribution in [0.5, 0.6) is 0 Å². The lowest BCUT2D eigenvalue weighted by molar-refractivity contribution is -0.938. The van der Waals surface area contributed by atoms with E-state index in [2.05, 4.69) is 5.32 Å².